The Balaban J connectivity index is 1.84. The maximum atomic E-state index is 12.7. The van der Waals surface area contributed by atoms with Gasteiger partial charge in [-0.25, -0.2) is 9.67 Å². The van der Waals surface area contributed by atoms with Gasteiger partial charge in [0.2, 0.25) is 0 Å². The standard InChI is InChI=1S/C19H19N5O4/c1-3-16(13-4-7-15(28-2)8-5-13)22-19(25)14-6-9-17(18(10-14)24(26)27)23-12-20-11-21-23/h4-12,16H,3H2,1-2H3,(H,22,25). The van der Waals surface area contributed by atoms with E-state index in [4.69, 9.17) is 4.74 Å². The van der Waals surface area contributed by atoms with Gasteiger partial charge in [0.25, 0.3) is 11.6 Å². The van der Waals surface area contributed by atoms with Crippen LogP contribution >= 0.6 is 0 Å². The van der Waals surface area contributed by atoms with E-state index < -0.39 is 10.8 Å². The molecule has 0 saturated heterocycles. The Labute approximate surface area is 161 Å². The second-order valence-electron chi connectivity index (χ2n) is 6.01. The highest BCUT2D eigenvalue weighted by molar-refractivity contribution is 5.95. The van der Waals surface area contributed by atoms with Gasteiger partial charge in [0, 0.05) is 11.6 Å². The third-order valence-electron chi connectivity index (χ3n) is 4.33. The molecule has 1 unspecified atom stereocenters. The van der Waals surface area contributed by atoms with Gasteiger partial charge in [0.15, 0.2) is 0 Å². The van der Waals surface area contributed by atoms with E-state index in [0.717, 1.165) is 11.3 Å². The van der Waals surface area contributed by atoms with Crippen LogP contribution in [0.15, 0.2) is 55.1 Å². The fourth-order valence-electron chi connectivity index (χ4n) is 2.84. The van der Waals surface area contributed by atoms with E-state index >= 15 is 0 Å². The predicted molar refractivity (Wildman–Crippen MR) is 102 cm³/mol. The number of ether oxygens (including phenoxy) is 1. The Morgan fingerprint density at radius 2 is 2.04 bits per heavy atom. The van der Waals surface area contributed by atoms with E-state index in [1.165, 1.54) is 35.5 Å². The van der Waals surface area contributed by atoms with Crippen molar-refractivity contribution in [2.24, 2.45) is 0 Å². The van der Waals surface area contributed by atoms with E-state index in [-0.39, 0.29) is 23.0 Å². The molecule has 3 rings (SSSR count). The molecule has 2 aromatic carbocycles. The molecule has 0 fully saturated rings. The number of methoxy groups -OCH3 is 1. The minimum Gasteiger partial charge on any atom is -0.497 e. The lowest BCUT2D eigenvalue weighted by molar-refractivity contribution is -0.384. The average molecular weight is 381 g/mol. The molecule has 0 radical (unpaired) electrons. The zero-order chi connectivity index (χ0) is 20.1. The van der Waals surface area contributed by atoms with Gasteiger partial charge in [-0.15, -0.1) is 0 Å². The van der Waals surface area contributed by atoms with Crippen LogP contribution in [0.5, 0.6) is 5.75 Å². The molecule has 9 heteroatoms. The number of amides is 1. The minimum absolute atomic E-state index is 0.197. The van der Waals surface area contributed by atoms with Gasteiger partial charge in [-0.05, 0) is 36.2 Å². The van der Waals surface area contributed by atoms with E-state index in [1.54, 1.807) is 7.11 Å². The van der Waals surface area contributed by atoms with Gasteiger partial charge in [0.05, 0.1) is 18.1 Å². The van der Waals surface area contributed by atoms with E-state index in [0.29, 0.717) is 6.42 Å². The summed E-state index contributed by atoms with van der Waals surface area (Å²) < 4.78 is 6.43. The molecule has 0 aliphatic rings. The summed E-state index contributed by atoms with van der Waals surface area (Å²) in [6.07, 6.45) is 3.31. The SMILES string of the molecule is CCC(NC(=O)c1ccc(-n2cncn2)c([N+](=O)[O-])c1)c1ccc(OC)cc1. The second kappa shape index (κ2) is 8.30. The van der Waals surface area contributed by atoms with E-state index in [2.05, 4.69) is 15.4 Å². The largest absolute Gasteiger partial charge is 0.497 e. The van der Waals surface area contributed by atoms with E-state index in [9.17, 15) is 14.9 Å². The lowest BCUT2D eigenvalue weighted by Crippen LogP contribution is -2.28. The molecule has 144 valence electrons. The number of carbonyl (C=O) groups excluding carboxylic acids is 1. The number of aromatic nitrogens is 3. The highest BCUT2D eigenvalue weighted by Crippen LogP contribution is 2.25. The van der Waals surface area contributed by atoms with Crippen molar-refractivity contribution in [1.82, 2.24) is 20.1 Å². The molecule has 1 amide bonds. The molecular weight excluding hydrogens is 362 g/mol. The fourth-order valence-corrected chi connectivity index (χ4v) is 2.84. The average Bonchev–Trinajstić information content (AvgIpc) is 3.26. The zero-order valence-corrected chi connectivity index (χ0v) is 15.4. The molecule has 0 aliphatic heterocycles. The number of nitro groups is 1. The highest BCUT2D eigenvalue weighted by atomic mass is 16.6. The highest BCUT2D eigenvalue weighted by Gasteiger charge is 2.21. The summed E-state index contributed by atoms with van der Waals surface area (Å²) >= 11 is 0. The molecule has 0 bridgehead atoms. The van der Waals surface area contributed by atoms with E-state index in [1.807, 2.05) is 31.2 Å². The van der Waals surface area contributed by atoms with Crippen LogP contribution in [-0.2, 0) is 0 Å². The molecule has 3 aromatic rings. The van der Waals surface area contributed by atoms with Crippen LogP contribution in [0.2, 0.25) is 0 Å². The first-order valence-corrected chi connectivity index (χ1v) is 8.61. The van der Waals surface area contributed by atoms with Crippen molar-refractivity contribution >= 4 is 11.6 Å². The van der Waals surface area contributed by atoms with Gasteiger partial charge in [-0.1, -0.05) is 19.1 Å². The normalized spacial score (nSPS) is 11.6. The number of nitrogens with one attached hydrogen (secondary N) is 1. The molecule has 28 heavy (non-hydrogen) atoms. The Morgan fingerprint density at radius 1 is 1.29 bits per heavy atom. The van der Waals surface area contributed by atoms with Gasteiger partial charge in [-0.2, -0.15) is 5.10 Å². The van der Waals surface area contributed by atoms with Gasteiger partial charge < -0.3 is 10.1 Å². The van der Waals surface area contributed by atoms with Crippen molar-refractivity contribution in [3.8, 4) is 11.4 Å². The summed E-state index contributed by atoms with van der Waals surface area (Å²) in [5.74, 6) is 0.333. The van der Waals surface area contributed by atoms with Crippen LogP contribution in [0.4, 0.5) is 5.69 Å². The lowest BCUT2D eigenvalue weighted by atomic mass is 10.0. The minimum atomic E-state index is -0.547. The molecule has 1 aromatic heterocycles. The van der Waals surface area contributed by atoms with Gasteiger partial charge in [-0.3, -0.25) is 14.9 Å². The van der Waals surface area contributed by atoms with Crippen molar-refractivity contribution in [2.45, 2.75) is 19.4 Å². The maximum Gasteiger partial charge on any atom is 0.295 e. The number of hydrogen-bond donors (Lipinski definition) is 1. The number of hydrogen-bond acceptors (Lipinski definition) is 6. The second-order valence-corrected chi connectivity index (χ2v) is 6.01. The monoisotopic (exact) mass is 381 g/mol. The van der Waals surface area contributed by atoms with Crippen LogP contribution in [0.25, 0.3) is 5.69 Å². The Morgan fingerprint density at radius 3 is 2.61 bits per heavy atom. The Bertz CT molecular complexity index is 970. The first kappa shape index (κ1) is 19.0. The van der Waals surface area contributed by atoms with Crippen molar-refractivity contribution in [3.63, 3.8) is 0 Å². The number of nitrogens with zero attached hydrogens (tertiary/aromatic N) is 4. The van der Waals surface area contributed by atoms with Crippen molar-refractivity contribution in [2.75, 3.05) is 7.11 Å². The van der Waals surface area contributed by atoms with Gasteiger partial charge >= 0.3 is 0 Å². The predicted octanol–water partition coefficient (Wildman–Crippen LogP) is 3.07. The topological polar surface area (TPSA) is 112 Å². The molecule has 9 nitrogen and oxygen atoms in total. The third-order valence-corrected chi connectivity index (χ3v) is 4.33. The summed E-state index contributed by atoms with van der Waals surface area (Å²) in [4.78, 5) is 27.4. The Kier molecular flexibility index (Phi) is 5.64. The molecule has 0 saturated carbocycles. The first-order valence-electron chi connectivity index (χ1n) is 8.61. The molecule has 0 spiro atoms. The quantitative estimate of drug-likeness (QED) is 0.497. The maximum absolute atomic E-state index is 12.7. The molecule has 0 aliphatic carbocycles. The number of benzene rings is 2. The summed E-state index contributed by atoms with van der Waals surface area (Å²) in [5, 5.41) is 18.3. The lowest BCUT2D eigenvalue weighted by Gasteiger charge is -2.18. The smallest absolute Gasteiger partial charge is 0.295 e. The van der Waals surface area contributed by atoms with Crippen LogP contribution < -0.4 is 10.1 Å². The van der Waals surface area contributed by atoms with Crippen molar-refractivity contribution in [3.05, 3.63) is 76.4 Å². The molecular formula is C19H19N5O4. The summed E-state index contributed by atoms with van der Waals surface area (Å²) in [5.41, 5.74) is 1.13. The summed E-state index contributed by atoms with van der Waals surface area (Å²) in [7, 11) is 1.59. The van der Waals surface area contributed by atoms with Crippen LogP contribution in [-0.4, -0.2) is 32.7 Å². The van der Waals surface area contributed by atoms with Crippen molar-refractivity contribution < 1.29 is 14.5 Å². The molecule has 1 atom stereocenters. The summed E-state index contributed by atoms with van der Waals surface area (Å²) in [6, 6.07) is 11.4. The first-order chi connectivity index (χ1) is 13.5. The van der Waals surface area contributed by atoms with Gasteiger partial charge in [0.1, 0.15) is 24.1 Å². The van der Waals surface area contributed by atoms with Crippen LogP contribution in [0.3, 0.4) is 0 Å². The third kappa shape index (κ3) is 3.98. The van der Waals surface area contributed by atoms with Crippen molar-refractivity contribution in [1.29, 1.82) is 0 Å². The molecule has 1 N–H and O–H groups in total. The fraction of sp³-hybridized carbons (Fsp3) is 0.211. The number of nitro benzene ring substituents is 1. The Hall–Kier alpha value is -3.75. The van der Waals surface area contributed by atoms with Crippen LogP contribution in [0.1, 0.15) is 35.3 Å². The zero-order valence-electron chi connectivity index (χ0n) is 15.4. The number of rotatable bonds is 7. The number of carbonyl (C=O) groups is 1. The molecule has 1 heterocycles. The van der Waals surface area contributed by atoms with Crippen LogP contribution in [0, 0.1) is 10.1 Å². The summed E-state index contributed by atoms with van der Waals surface area (Å²) in [6.45, 7) is 1.95.